The SMILES string of the molecule is C[Si](C)(C)CCOCn1nc(-c2cccc(C(N)=O)c2)c2cc(-c3cccnc3)ccc21. The zero-order chi connectivity index (χ0) is 22.7. The van der Waals surface area contributed by atoms with E-state index in [2.05, 4.69) is 42.8 Å². The highest BCUT2D eigenvalue weighted by molar-refractivity contribution is 6.76. The summed E-state index contributed by atoms with van der Waals surface area (Å²) >= 11 is 0. The number of pyridine rings is 1. The fourth-order valence-electron chi connectivity index (χ4n) is 3.55. The Morgan fingerprint density at radius 2 is 1.84 bits per heavy atom. The van der Waals surface area contributed by atoms with E-state index in [1.807, 2.05) is 35.1 Å². The Morgan fingerprint density at radius 3 is 2.56 bits per heavy atom. The molecule has 0 unspecified atom stereocenters. The predicted octanol–water partition coefficient (Wildman–Crippen LogP) is 5.18. The second-order valence-electron chi connectivity index (χ2n) is 9.11. The van der Waals surface area contributed by atoms with E-state index in [1.54, 1.807) is 18.3 Å². The minimum Gasteiger partial charge on any atom is -0.366 e. The van der Waals surface area contributed by atoms with Crippen LogP contribution in [0.25, 0.3) is 33.3 Å². The van der Waals surface area contributed by atoms with Gasteiger partial charge in [-0.05, 0) is 41.9 Å². The van der Waals surface area contributed by atoms with Gasteiger partial charge in [0, 0.05) is 49.2 Å². The van der Waals surface area contributed by atoms with Crippen molar-refractivity contribution in [1.29, 1.82) is 0 Å². The molecule has 2 aromatic heterocycles. The maximum absolute atomic E-state index is 11.7. The van der Waals surface area contributed by atoms with Crippen LogP contribution in [0.15, 0.2) is 67.0 Å². The summed E-state index contributed by atoms with van der Waals surface area (Å²) in [6.07, 6.45) is 3.61. The molecule has 0 spiro atoms. The van der Waals surface area contributed by atoms with Gasteiger partial charge in [-0.2, -0.15) is 5.10 Å². The molecule has 0 bridgehead atoms. The number of nitrogens with zero attached hydrogens (tertiary/aromatic N) is 3. The van der Waals surface area contributed by atoms with E-state index < -0.39 is 14.0 Å². The number of carbonyl (C=O) groups excluding carboxylic acids is 1. The molecule has 0 aliphatic carbocycles. The van der Waals surface area contributed by atoms with Crippen LogP contribution in [-0.4, -0.2) is 35.4 Å². The van der Waals surface area contributed by atoms with Crippen molar-refractivity contribution >= 4 is 24.9 Å². The molecule has 0 aliphatic rings. The van der Waals surface area contributed by atoms with E-state index in [1.165, 1.54) is 0 Å². The van der Waals surface area contributed by atoms with Crippen molar-refractivity contribution < 1.29 is 9.53 Å². The highest BCUT2D eigenvalue weighted by Crippen LogP contribution is 2.32. The number of hydrogen-bond donors (Lipinski definition) is 1. The fraction of sp³-hybridized carbons (Fsp3) is 0.240. The summed E-state index contributed by atoms with van der Waals surface area (Å²) in [5.74, 6) is -0.457. The number of hydrogen-bond acceptors (Lipinski definition) is 4. The average Bonchev–Trinajstić information content (AvgIpc) is 3.14. The predicted molar refractivity (Wildman–Crippen MR) is 131 cm³/mol. The Kier molecular flexibility index (Phi) is 6.21. The lowest BCUT2D eigenvalue weighted by atomic mass is 10.0. The molecule has 4 aromatic rings. The van der Waals surface area contributed by atoms with Crippen LogP contribution < -0.4 is 5.73 Å². The first-order valence-electron chi connectivity index (χ1n) is 10.7. The molecule has 6 nitrogen and oxygen atoms in total. The van der Waals surface area contributed by atoms with E-state index in [-0.39, 0.29) is 0 Å². The zero-order valence-corrected chi connectivity index (χ0v) is 19.7. The molecule has 0 fully saturated rings. The molecule has 4 rings (SSSR count). The van der Waals surface area contributed by atoms with Crippen molar-refractivity contribution in [2.75, 3.05) is 6.61 Å². The van der Waals surface area contributed by atoms with Crippen LogP contribution in [0.2, 0.25) is 25.7 Å². The number of rotatable bonds is 8. The molecule has 0 radical (unpaired) electrons. The fourth-order valence-corrected chi connectivity index (χ4v) is 4.31. The summed E-state index contributed by atoms with van der Waals surface area (Å²) in [4.78, 5) is 16.0. The number of primary amides is 1. The minimum atomic E-state index is -1.16. The summed E-state index contributed by atoms with van der Waals surface area (Å²) in [6.45, 7) is 8.11. The number of carbonyl (C=O) groups is 1. The number of ether oxygens (including phenoxy) is 1. The molecule has 2 N–H and O–H groups in total. The molecule has 2 aromatic carbocycles. The van der Waals surface area contributed by atoms with Crippen LogP contribution in [-0.2, 0) is 11.5 Å². The summed E-state index contributed by atoms with van der Waals surface area (Å²) < 4.78 is 7.87. The number of amides is 1. The molecule has 7 heteroatoms. The standard InChI is InChI=1S/C25H28N4O2Si/c1-32(2,3)13-12-31-17-29-23-10-9-18(21-8-5-11-27-16-21)15-22(23)24(28-29)19-6-4-7-20(14-19)25(26)30/h4-11,14-16H,12-13,17H2,1-3H3,(H2,26,30). The largest absolute Gasteiger partial charge is 0.366 e. The van der Waals surface area contributed by atoms with Crippen molar-refractivity contribution in [1.82, 2.24) is 14.8 Å². The second kappa shape index (κ2) is 9.06. The Labute approximate surface area is 189 Å². The summed E-state index contributed by atoms with van der Waals surface area (Å²) in [5, 5.41) is 5.85. The molecular weight excluding hydrogens is 416 g/mol. The maximum Gasteiger partial charge on any atom is 0.248 e. The molecule has 2 heterocycles. The summed E-state index contributed by atoms with van der Waals surface area (Å²) in [6, 6.07) is 18.6. The maximum atomic E-state index is 11.7. The van der Waals surface area contributed by atoms with Gasteiger partial charge in [0.1, 0.15) is 12.4 Å². The van der Waals surface area contributed by atoms with Gasteiger partial charge in [-0.1, -0.05) is 43.9 Å². The normalized spacial score (nSPS) is 11.7. The van der Waals surface area contributed by atoms with Gasteiger partial charge in [-0.15, -0.1) is 0 Å². The quantitative estimate of drug-likeness (QED) is 0.300. The highest BCUT2D eigenvalue weighted by atomic mass is 28.3. The van der Waals surface area contributed by atoms with E-state index in [0.29, 0.717) is 12.3 Å². The molecule has 0 saturated carbocycles. The zero-order valence-electron chi connectivity index (χ0n) is 18.7. The van der Waals surface area contributed by atoms with Gasteiger partial charge >= 0.3 is 0 Å². The lowest BCUT2D eigenvalue weighted by Crippen LogP contribution is -2.22. The van der Waals surface area contributed by atoms with E-state index in [4.69, 9.17) is 15.6 Å². The Morgan fingerprint density at radius 1 is 1.03 bits per heavy atom. The Hall–Kier alpha value is -3.29. The van der Waals surface area contributed by atoms with Crippen molar-refractivity contribution in [3.8, 4) is 22.4 Å². The minimum absolute atomic E-state index is 0.378. The third-order valence-electron chi connectivity index (χ3n) is 5.38. The third-order valence-corrected chi connectivity index (χ3v) is 7.08. The second-order valence-corrected chi connectivity index (χ2v) is 14.7. The third kappa shape index (κ3) is 4.95. The van der Waals surface area contributed by atoms with Crippen molar-refractivity contribution in [3.05, 3.63) is 72.6 Å². The molecule has 32 heavy (non-hydrogen) atoms. The van der Waals surface area contributed by atoms with Crippen LogP contribution in [0.1, 0.15) is 10.4 Å². The van der Waals surface area contributed by atoms with Gasteiger partial charge in [0.05, 0.1) is 5.52 Å². The van der Waals surface area contributed by atoms with Crippen molar-refractivity contribution in [2.24, 2.45) is 5.73 Å². The highest BCUT2D eigenvalue weighted by Gasteiger charge is 2.16. The Bertz CT molecular complexity index is 1250. The van der Waals surface area contributed by atoms with Gasteiger partial charge in [0.25, 0.3) is 0 Å². The van der Waals surface area contributed by atoms with E-state index in [0.717, 1.165) is 45.9 Å². The van der Waals surface area contributed by atoms with Gasteiger partial charge in [0.2, 0.25) is 5.91 Å². The first kappa shape index (κ1) is 21.9. The van der Waals surface area contributed by atoms with Gasteiger partial charge in [-0.25, -0.2) is 4.68 Å². The lowest BCUT2D eigenvalue weighted by molar-refractivity contribution is 0.0818. The van der Waals surface area contributed by atoms with Crippen LogP contribution in [0.5, 0.6) is 0 Å². The topological polar surface area (TPSA) is 83.0 Å². The molecular formula is C25H28N4O2Si. The average molecular weight is 445 g/mol. The van der Waals surface area contributed by atoms with Crippen LogP contribution in [0, 0.1) is 0 Å². The first-order valence-corrected chi connectivity index (χ1v) is 14.4. The van der Waals surface area contributed by atoms with E-state index in [9.17, 15) is 4.79 Å². The molecule has 0 saturated heterocycles. The van der Waals surface area contributed by atoms with Crippen LogP contribution in [0.3, 0.4) is 0 Å². The summed E-state index contributed by atoms with van der Waals surface area (Å²) in [7, 11) is -1.16. The summed E-state index contributed by atoms with van der Waals surface area (Å²) in [5.41, 5.74) is 10.7. The van der Waals surface area contributed by atoms with E-state index >= 15 is 0 Å². The van der Waals surface area contributed by atoms with Gasteiger partial charge < -0.3 is 10.5 Å². The molecule has 164 valence electrons. The number of nitrogens with two attached hydrogens (primary N) is 1. The van der Waals surface area contributed by atoms with Gasteiger partial charge in [0.15, 0.2) is 0 Å². The monoisotopic (exact) mass is 444 g/mol. The van der Waals surface area contributed by atoms with Crippen LogP contribution >= 0.6 is 0 Å². The van der Waals surface area contributed by atoms with Crippen molar-refractivity contribution in [2.45, 2.75) is 32.4 Å². The molecule has 1 amide bonds. The Balaban J connectivity index is 1.76. The van der Waals surface area contributed by atoms with Crippen LogP contribution in [0.4, 0.5) is 0 Å². The number of aromatic nitrogens is 3. The number of fused-ring (bicyclic) bond motifs is 1. The molecule has 0 aliphatic heterocycles. The van der Waals surface area contributed by atoms with Gasteiger partial charge in [-0.3, -0.25) is 9.78 Å². The smallest absolute Gasteiger partial charge is 0.248 e. The number of benzene rings is 2. The lowest BCUT2D eigenvalue weighted by Gasteiger charge is -2.15. The first-order chi connectivity index (χ1) is 15.3. The molecule has 0 atom stereocenters. The van der Waals surface area contributed by atoms with Crippen molar-refractivity contribution in [3.63, 3.8) is 0 Å².